The highest BCUT2D eigenvalue weighted by atomic mass is 19.1. The van der Waals surface area contributed by atoms with E-state index in [4.69, 9.17) is 5.73 Å². The van der Waals surface area contributed by atoms with Crippen LogP contribution in [0.1, 0.15) is 17.5 Å². The van der Waals surface area contributed by atoms with Crippen molar-refractivity contribution < 1.29 is 4.39 Å². The monoisotopic (exact) mass is 168 g/mol. The maximum atomic E-state index is 12.9. The molecule has 0 saturated heterocycles. The summed E-state index contributed by atoms with van der Waals surface area (Å²) in [5, 5.41) is 0. The molecule has 0 aliphatic carbocycles. The summed E-state index contributed by atoms with van der Waals surface area (Å²) in [6.07, 6.45) is 3.22. The van der Waals surface area contributed by atoms with Crippen LogP contribution in [0.5, 0.6) is 0 Å². The molecule has 0 bridgehead atoms. The van der Waals surface area contributed by atoms with Gasteiger partial charge in [0.05, 0.1) is 0 Å². The second-order valence-corrected chi connectivity index (χ2v) is 2.78. The lowest BCUT2D eigenvalue weighted by atomic mass is 10.1. The summed E-state index contributed by atoms with van der Waals surface area (Å²) in [5.74, 6) is -0.371. The fourth-order valence-electron chi connectivity index (χ4n) is 1.11. The van der Waals surface area contributed by atoms with Gasteiger partial charge in [-0.15, -0.1) is 0 Å². The first-order valence-electron chi connectivity index (χ1n) is 4.05. The van der Waals surface area contributed by atoms with Crippen molar-refractivity contribution in [2.75, 3.05) is 6.54 Å². The van der Waals surface area contributed by atoms with Gasteiger partial charge in [-0.3, -0.25) is 0 Å². The van der Waals surface area contributed by atoms with Crippen LogP contribution in [0.15, 0.2) is 12.3 Å². The molecular formula is C9H13FN2. The first-order valence-corrected chi connectivity index (χ1v) is 4.05. The molecule has 0 radical (unpaired) electrons. The maximum absolute atomic E-state index is 12.9. The van der Waals surface area contributed by atoms with Gasteiger partial charge in [0.15, 0.2) is 0 Å². The second-order valence-electron chi connectivity index (χ2n) is 2.78. The van der Waals surface area contributed by atoms with Crippen LogP contribution in [0.4, 0.5) is 4.39 Å². The number of pyridine rings is 1. The molecule has 0 amide bonds. The van der Waals surface area contributed by atoms with Gasteiger partial charge in [0.25, 0.3) is 0 Å². The maximum Gasteiger partial charge on any atom is 0.216 e. The van der Waals surface area contributed by atoms with Crippen molar-refractivity contribution in [3.8, 4) is 0 Å². The summed E-state index contributed by atoms with van der Waals surface area (Å²) in [4.78, 5) is 3.55. The molecular weight excluding hydrogens is 155 g/mol. The minimum absolute atomic E-state index is 0.371. The summed E-state index contributed by atoms with van der Waals surface area (Å²) >= 11 is 0. The molecule has 1 aromatic heterocycles. The van der Waals surface area contributed by atoms with Crippen LogP contribution in [0.25, 0.3) is 0 Å². The van der Waals surface area contributed by atoms with E-state index in [2.05, 4.69) is 4.98 Å². The highest BCUT2D eigenvalue weighted by molar-refractivity contribution is 5.22. The quantitative estimate of drug-likeness (QED) is 0.693. The van der Waals surface area contributed by atoms with E-state index < -0.39 is 0 Å². The zero-order valence-electron chi connectivity index (χ0n) is 7.18. The van der Waals surface area contributed by atoms with Crippen molar-refractivity contribution in [3.05, 3.63) is 29.3 Å². The number of aromatic nitrogens is 1. The zero-order valence-corrected chi connectivity index (χ0v) is 7.18. The third-order valence-electron chi connectivity index (χ3n) is 1.90. The molecule has 2 nitrogen and oxygen atoms in total. The second kappa shape index (κ2) is 4.16. The first-order chi connectivity index (χ1) is 5.75. The van der Waals surface area contributed by atoms with Gasteiger partial charge in [0.1, 0.15) is 0 Å². The SMILES string of the molecule is Cc1c(CCCN)ccnc1F. The molecule has 0 aliphatic heterocycles. The van der Waals surface area contributed by atoms with E-state index in [1.807, 2.05) is 6.07 Å². The number of hydrogen-bond acceptors (Lipinski definition) is 2. The number of nitrogens with zero attached hydrogens (tertiary/aromatic N) is 1. The smallest absolute Gasteiger partial charge is 0.216 e. The third kappa shape index (κ3) is 2.01. The van der Waals surface area contributed by atoms with Gasteiger partial charge in [0, 0.05) is 11.8 Å². The topological polar surface area (TPSA) is 38.9 Å². The fourth-order valence-corrected chi connectivity index (χ4v) is 1.11. The summed E-state index contributed by atoms with van der Waals surface area (Å²) in [7, 11) is 0. The predicted molar refractivity (Wildman–Crippen MR) is 46.3 cm³/mol. The van der Waals surface area contributed by atoms with E-state index in [0.29, 0.717) is 12.1 Å². The van der Waals surface area contributed by atoms with E-state index in [9.17, 15) is 4.39 Å². The third-order valence-corrected chi connectivity index (χ3v) is 1.90. The van der Waals surface area contributed by atoms with Gasteiger partial charge >= 0.3 is 0 Å². The van der Waals surface area contributed by atoms with Crippen molar-refractivity contribution in [2.45, 2.75) is 19.8 Å². The molecule has 0 fully saturated rings. The van der Waals surface area contributed by atoms with Gasteiger partial charge in [-0.2, -0.15) is 4.39 Å². The van der Waals surface area contributed by atoms with Crippen LogP contribution in [0.2, 0.25) is 0 Å². The Hall–Kier alpha value is -0.960. The molecule has 0 unspecified atom stereocenters. The van der Waals surface area contributed by atoms with Crippen LogP contribution in [-0.4, -0.2) is 11.5 Å². The van der Waals surface area contributed by atoms with E-state index in [1.54, 1.807) is 6.92 Å². The molecule has 0 aromatic carbocycles. The van der Waals surface area contributed by atoms with Gasteiger partial charge in [-0.1, -0.05) is 0 Å². The van der Waals surface area contributed by atoms with E-state index in [1.165, 1.54) is 6.20 Å². The summed E-state index contributed by atoms with van der Waals surface area (Å²) < 4.78 is 12.9. The van der Waals surface area contributed by atoms with Crippen molar-refractivity contribution >= 4 is 0 Å². The minimum Gasteiger partial charge on any atom is -0.330 e. The minimum atomic E-state index is -0.371. The molecule has 1 rings (SSSR count). The van der Waals surface area contributed by atoms with Gasteiger partial charge in [-0.05, 0) is 37.9 Å². The van der Waals surface area contributed by atoms with Crippen LogP contribution < -0.4 is 5.73 Å². The number of rotatable bonds is 3. The molecule has 12 heavy (non-hydrogen) atoms. The molecule has 0 atom stereocenters. The number of halogens is 1. The molecule has 0 spiro atoms. The molecule has 1 heterocycles. The predicted octanol–water partition coefficient (Wildman–Crippen LogP) is 1.42. The number of nitrogens with two attached hydrogens (primary N) is 1. The average Bonchev–Trinajstić information content (AvgIpc) is 2.08. The summed E-state index contributed by atoms with van der Waals surface area (Å²) in [6.45, 7) is 2.39. The lowest BCUT2D eigenvalue weighted by molar-refractivity contribution is 0.570. The van der Waals surface area contributed by atoms with Gasteiger partial charge in [-0.25, -0.2) is 4.98 Å². The lowest BCUT2D eigenvalue weighted by Gasteiger charge is -2.03. The first kappa shape index (κ1) is 9.13. The Morgan fingerprint density at radius 1 is 1.58 bits per heavy atom. The molecule has 66 valence electrons. The Labute approximate surface area is 71.6 Å². The van der Waals surface area contributed by atoms with E-state index in [-0.39, 0.29) is 5.95 Å². The molecule has 1 aromatic rings. The molecule has 2 N–H and O–H groups in total. The van der Waals surface area contributed by atoms with Crippen molar-refractivity contribution in [1.29, 1.82) is 0 Å². The average molecular weight is 168 g/mol. The number of aryl methyl sites for hydroxylation is 1. The van der Waals surface area contributed by atoms with Crippen molar-refractivity contribution in [2.24, 2.45) is 5.73 Å². The summed E-state index contributed by atoms with van der Waals surface area (Å²) in [6, 6.07) is 1.84. The van der Waals surface area contributed by atoms with Gasteiger partial charge in [0.2, 0.25) is 5.95 Å². The van der Waals surface area contributed by atoms with E-state index >= 15 is 0 Å². The summed E-state index contributed by atoms with van der Waals surface area (Å²) in [5.41, 5.74) is 7.01. The fraction of sp³-hybridized carbons (Fsp3) is 0.444. The van der Waals surface area contributed by atoms with Crippen LogP contribution in [-0.2, 0) is 6.42 Å². The van der Waals surface area contributed by atoms with Crippen molar-refractivity contribution in [1.82, 2.24) is 4.98 Å². The van der Waals surface area contributed by atoms with Crippen LogP contribution in [0, 0.1) is 12.9 Å². The molecule has 0 aliphatic rings. The Kier molecular flexibility index (Phi) is 3.17. The zero-order chi connectivity index (χ0) is 8.97. The highest BCUT2D eigenvalue weighted by Gasteiger charge is 2.02. The molecule has 3 heteroatoms. The van der Waals surface area contributed by atoms with Crippen LogP contribution >= 0.6 is 0 Å². The standard InChI is InChI=1S/C9H13FN2/c1-7-8(3-2-5-11)4-6-12-9(7)10/h4,6H,2-3,5,11H2,1H3. The Bertz CT molecular complexity index is 261. The Morgan fingerprint density at radius 2 is 2.33 bits per heavy atom. The van der Waals surface area contributed by atoms with Crippen molar-refractivity contribution in [3.63, 3.8) is 0 Å². The number of hydrogen-bond donors (Lipinski definition) is 1. The Morgan fingerprint density at radius 3 is 3.00 bits per heavy atom. The Balaban J connectivity index is 2.78. The largest absolute Gasteiger partial charge is 0.330 e. The normalized spacial score (nSPS) is 10.2. The molecule has 0 saturated carbocycles. The highest BCUT2D eigenvalue weighted by Crippen LogP contribution is 2.10. The van der Waals surface area contributed by atoms with Crippen LogP contribution in [0.3, 0.4) is 0 Å². The van der Waals surface area contributed by atoms with Gasteiger partial charge < -0.3 is 5.73 Å². The van der Waals surface area contributed by atoms with E-state index in [0.717, 1.165) is 18.4 Å². The lowest BCUT2D eigenvalue weighted by Crippen LogP contribution is -2.02.